The third kappa shape index (κ3) is 3.20. The number of aryl methyl sites for hydroxylation is 1. The van der Waals surface area contributed by atoms with E-state index in [0.29, 0.717) is 12.5 Å². The van der Waals surface area contributed by atoms with Gasteiger partial charge in [0.2, 0.25) is 5.91 Å². The van der Waals surface area contributed by atoms with Crippen LogP contribution in [0.2, 0.25) is 0 Å². The molecule has 5 heteroatoms. The lowest BCUT2D eigenvalue weighted by Gasteiger charge is -2.06. The van der Waals surface area contributed by atoms with Crippen molar-refractivity contribution in [3.8, 4) is 0 Å². The number of carboxylic acid groups (broad SMARTS) is 1. The molecule has 1 aromatic carbocycles. The second-order valence-corrected chi connectivity index (χ2v) is 6.94. The van der Waals surface area contributed by atoms with Gasteiger partial charge in [0.25, 0.3) is 0 Å². The first kappa shape index (κ1) is 14.8. The molecule has 3 rings (SSSR count). The molecule has 2 atom stereocenters. The molecule has 2 unspecified atom stereocenters. The first-order chi connectivity index (χ1) is 10.5. The highest BCUT2D eigenvalue weighted by atomic mass is 32.1. The number of hydrogen-bond donors (Lipinski definition) is 2. The molecule has 1 saturated carbocycles. The number of amides is 1. The van der Waals surface area contributed by atoms with E-state index in [4.69, 9.17) is 5.11 Å². The molecular weight excluding hydrogens is 298 g/mol. The Bertz CT molecular complexity index is 722. The van der Waals surface area contributed by atoms with Crippen molar-refractivity contribution >= 4 is 23.2 Å². The minimum absolute atomic E-state index is 0.0526. The maximum atomic E-state index is 12.2. The largest absolute Gasteiger partial charge is 0.478 e. The van der Waals surface area contributed by atoms with Crippen LogP contribution >= 0.6 is 11.3 Å². The molecule has 1 aromatic heterocycles. The zero-order valence-corrected chi connectivity index (χ0v) is 13.0. The van der Waals surface area contributed by atoms with Crippen LogP contribution in [0.25, 0.3) is 0 Å². The maximum Gasteiger partial charge on any atom is 0.335 e. The Labute approximate surface area is 132 Å². The molecule has 114 valence electrons. The van der Waals surface area contributed by atoms with Crippen LogP contribution in [0.1, 0.15) is 38.0 Å². The summed E-state index contributed by atoms with van der Waals surface area (Å²) < 4.78 is 0. The zero-order valence-electron chi connectivity index (χ0n) is 12.2. The number of aromatic carboxylic acids is 1. The second kappa shape index (κ2) is 5.93. The topological polar surface area (TPSA) is 66.4 Å². The van der Waals surface area contributed by atoms with Crippen LogP contribution in [0.3, 0.4) is 0 Å². The van der Waals surface area contributed by atoms with Gasteiger partial charge in [-0.25, -0.2) is 4.79 Å². The quantitative estimate of drug-likeness (QED) is 0.890. The second-order valence-electron chi connectivity index (χ2n) is 5.62. The number of benzene rings is 1. The molecule has 2 N–H and O–H groups in total. The van der Waals surface area contributed by atoms with Gasteiger partial charge in [0.15, 0.2) is 0 Å². The summed E-state index contributed by atoms with van der Waals surface area (Å²) in [5.41, 5.74) is 1.04. The first-order valence-corrected chi connectivity index (χ1v) is 8.02. The van der Waals surface area contributed by atoms with E-state index in [2.05, 4.69) is 24.4 Å². The van der Waals surface area contributed by atoms with Gasteiger partial charge in [0.1, 0.15) is 0 Å². The minimum Gasteiger partial charge on any atom is -0.478 e. The molecule has 0 saturated heterocycles. The number of nitrogens with one attached hydrogen (secondary N) is 1. The third-order valence-electron chi connectivity index (χ3n) is 3.89. The highest BCUT2D eigenvalue weighted by Gasteiger charge is 2.44. The Morgan fingerprint density at radius 1 is 1.32 bits per heavy atom. The molecule has 1 aliphatic rings. The summed E-state index contributed by atoms with van der Waals surface area (Å²) in [6.45, 7) is 2.44. The lowest BCUT2D eigenvalue weighted by molar-refractivity contribution is -0.122. The maximum absolute atomic E-state index is 12.2. The number of carbonyl (C=O) groups is 2. The van der Waals surface area contributed by atoms with E-state index in [0.717, 1.165) is 12.0 Å². The molecule has 0 bridgehead atoms. The molecule has 22 heavy (non-hydrogen) atoms. The van der Waals surface area contributed by atoms with Crippen LogP contribution in [-0.4, -0.2) is 17.0 Å². The number of rotatable bonds is 5. The summed E-state index contributed by atoms with van der Waals surface area (Å²) in [4.78, 5) is 25.6. The minimum atomic E-state index is -0.955. The van der Waals surface area contributed by atoms with E-state index in [-0.39, 0.29) is 17.4 Å². The smallest absolute Gasteiger partial charge is 0.335 e. The van der Waals surface area contributed by atoms with Gasteiger partial charge < -0.3 is 10.4 Å². The highest BCUT2D eigenvalue weighted by Crippen LogP contribution is 2.49. The first-order valence-electron chi connectivity index (χ1n) is 7.21. The fraction of sp³-hybridized carbons (Fsp3) is 0.294. The highest BCUT2D eigenvalue weighted by molar-refractivity contribution is 7.12. The van der Waals surface area contributed by atoms with E-state index in [9.17, 15) is 9.59 Å². The molecule has 0 radical (unpaired) electrons. The van der Waals surface area contributed by atoms with Crippen molar-refractivity contribution < 1.29 is 14.7 Å². The number of thiophene rings is 1. The van der Waals surface area contributed by atoms with Crippen molar-refractivity contribution in [2.75, 3.05) is 0 Å². The van der Waals surface area contributed by atoms with Crippen molar-refractivity contribution in [2.24, 2.45) is 5.92 Å². The van der Waals surface area contributed by atoms with Crippen molar-refractivity contribution in [2.45, 2.75) is 25.8 Å². The fourth-order valence-corrected chi connectivity index (χ4v) is 3.64. The van der Waals surface area contributed by atoms with E-state index in [1.165, 1.54) is 9.75 Å². The van der Waals surface area contributed by atoms with E-state index in [1.54, 1.807) is 29.5 Å². The van der Waals surface area contributed by atoms with Crippen molar-refractivity contribution in [1.82, 2.24) is 5.32 Å². The molecule has 0 spiro atoms. The van der Waals surface area contributed by atoms with Crippen LogP contribution in [0.15, 0.2) is 36.4 Å². The third-order valence-corrected chi connectivity index (χ3v) is 5.03. The van der Waals surface area contributed by atoms with Crippen molar-refractivity contribution in [3.05, 3.63) is 57.3 Å². The molecular formula is C17H17NO3S. The van der Waals surface area contributed by atoms with Crippen LogP contribution < -0.4 is 5.32 Å². The lowest BCUT2D eigenvalue weighted by Crippen LogP contribution is -2.24. The number of hydrogen-bond acceptors (Lipinski definition) is 3. The van der Waals surface area contributed by atoms with Gasteiger partial charge in [-0.05, 0) is 43.2 Å². The predicted molar refractivity (Wildman–Crippen MR) is 85.2 cm³/mol. The molecule has 4 nitrogen and oxygen atoms in total. The van der Waals surface area contributed by atoms with Crippen molar-refractivity contribution in [3.63, 3.8) is 0 Å². The summed E-state index contributed by atoms with van der Waals surface area (Å²) in [6, 6.07) is 10.8. The Morgan fingerprint density at radius 3 is 2.82 bits per heavy atom. The fourth-order valence-electron chi connectivity index (χ4n) is 2.59. The van der Waals surface area contributed by atoms with Crippen LogP contribution in [0.4, 0.5) is 0 Å². The zero-order chi connectivity index (χ0) is 15.7. The molecule has 2 aromatic rings. The van der Waals surface area contributed by atoms with Crippen molar-refractivity contribution in [1.29, 1.82) is 0 Å². The van der Waals surface area contributed by atoms with Crippen LogP contribution in [0.5, 0.6) is 0 Å². The van der Waals surface area contributed by atoms with E-state index < -0.39 is 5.97 Å². The number of carbonyl (C=O) groups excluding carboxylic acids is 1. The summed E-state index contributed by atoms with van der Waals surface area (Å²) in [5.74, 6) is -0.495. The SMILES string of the molecule is Cc1ccc(C2CC2C(=O)NCc2cccc(C(=O)O)c2)s1. The monoisotopic (exact) mass is 315 g/mol. The van der Waals surface area contributed by atoms with Gasteiger partial charge in [-0.2, -0.15) is 0 Å². The van der Waals surface area contributed by atoms with Gasteiger partial charge in [-0.15, -0.1) is 11.3 Å². The Kier molecular flexibility index (Phi) is 3.98. The Morgan fingerprint density at radius 2 is 2.14 bits per heavy atom. The average molecular weight is 315 g/mol. The lowest BCUT2D eigenvalue weighted by atomic mass is 10.1. The molecule has 1 aliphatic carbocycles. The predicted octanol–water partition coefficient (Wildman–Crippen LogP) is 3.17. The van der Waals surface area contributed by atoms with Gasteiger partial charge >= 0.3 is 5.97 Å². The van der Waals surface area contributed by atoms with Gasteiger partial charge in [0, 0.05) is 28.1 Å². The standard InChI is InChI=1S/C17H17NO3S/c1-10-5-6-15(22-10)13-8-14(13)16(19)18-9-11-3-2-4-12(7-11)17(20)21/h2-7,13-14H,8-9H2,1H3,(H,18,19)(H,20,21). The summed E-state index contributed by atoms with van der Waals surface area (Å²) in [7, 11) is 0. The summed E-state index contributed by atoms with van der Waals surface area (Å²) in [6.07, 6.45) is 0.904. The van der Waals surface area contributed by atoms with Gasteiger partial charge in [-0.1, -0.05) is 12.1 Å². The molecule has 1 amide bonds. The molecule has 0 aliphatic heterocycles. The Balaban J connectivity index is 1.55. The normalized spacial score (nSPS) is 19.7. The molecule has 1 fully saturated rings. The average Bonchev–Trinajstić information content (AvgIpc) is 3.20. The Hall–Kier alpha value is -2.14. The molecule has 1 heterocycles. The van der Waals surface area contributed by atoms with Crippen LogP contribution in [-0.2, 0) is 11.3 Å². The van der Waals surface area contributed by atoms with E-state index in [1.807, 2.05) is 6.07 Å². The van der Waals surface area contributed by atoms with E-state index >= 15 is 0 Å². The summed E-state index contributed by atoms with van der Waals surface area (Å²) >= 11 is 1.75. The van der Waals surface area contributed by atoms with Crippen LogP contribution in [0, 0.1) is 12.8 Å². The van der Waals surface area contributed by atoms with Gasteiger partial charge in [-0.3, -0.25) is 4.79 Å². The van der Waals surface area contributed by atoms with Gasteiger partial charge in [0.05, 0.1) is 5.56 Å². The number of carboxylic acids is 1. The summed E-state index contributed by atoms with van der Waals surface area (Å²) in [5, 5.41) is 11.9.